The quantitative estimate of drug-likeness (QED) is 0.720. The first-order valence-electron chi connectivity index (χ1n) is 10.2. The fourth-order valence-electron chi connectivity index (χ4n) is 4.11. The van der Waals surface area contributed by atoms with E-state index in [1.54, 1.807) is 18.3 Å². The molecule has 9 nitrogen and oxygen atoms in total. The standard InChI is InChI=1S/C20H27N5O4S/c1-15-14-16(2)25(22-15)20(26)17-5-8-23(9-6-17)19-18(4-3-7-21-19)30(27,28)24-10-12-29-13-11-24/h3-4,7,14,17H,5-6,8-13H2,1-2H3. The molecule has 2 aromatic rings. The fourth-order valence-corrected chi connectivity index (χ4v) is 5.68. The van der Waals surface area contributed by atoms with E-state index in [0.29, 0.717) is 58.1 Å². The van der Waals surface area contributed by atoms with E-state index >= 15 is 0 Å². The molecule has 2 aromatic heterocycles. The van der Waals surface area contributed by atoms with Crippen molar-refractivity contribution in [2.24, 2.45) is 5.92 Å². The van der Waals surface area contributed by atoms with Gasteiger partial charge in [0.25, 0.3) is 0 Å². The highest BCUT2D eigenvalue weighted by molar-refractivity contribution is 7.89. The number of ether oxygens (including phenoxy) is 1. The zero-order chi connectivity index (χ0) is 21.3. The number of pyridine rings is 1. The number of morpholine rings is 1. The maximum atomic E-state index is 13.2. The van der Waals surface area contributed by atoms with Gasteiger partial charge in [0, 0.05) is 44.0 Å². The highest BCUT2D eigenvalue weighted by Gasteiger charge is 2.33. The highest BCUT2D eigenvalue weighted by atomic mass is 32.2. The first kappa shape index (κ1) is 21.0. The maximum absolute atomic E-state index is 13.2. The zero-order valence-corrected chi connectivity index (χ0v) is 18.1. The highest BCUT2D eigenvalue weighted by Crippen LogP contribution is 2.30. The van der Waals surface area contributed by atoms with Crippen LogP contribution in [0.5, 0.6) is 0 Å². The number of piperidine rings is 1. The molecule has 2 aliphatic heterocycles. The lowest BCUT2D eigenvalue weighted by Crippen LogP contribution is -2.42. The average molecular weight is 434 g/mol. The summed E-state index contributed by atoms with van der Waals surface area (Å²) in [6.07, 6.45) is 2.87. The van der Waals surface area contributed by atoms with E-state index in [4.69, 9.17) is 4.74 Å². The van der Waals surface area contributed by atoms with Crippen molar-refractivity contribution in [3.05, 3.63) is 35.8 Å². The molecule has 0 bridgehead atoms. The van der Waals surface area contributed by atoms with Crippen molar-refractivity contribution in [1.82, 2.24) is 19.1 Å². The maximum Gasteiger partial charge on any atom is 0.250 e. The molecule has 2 fully saturated rings. The lowest BCUT2D eigenvalue weighted by molar-refractivity contribution is 0.0730. The van der Waals surface area contributed by atoms with Crippen molar-refractivity contribution in [2.45, 2.75) is 31.6 Å². The van der Waals surface area contributed by atoms with Crippen LogP contribution in [0, 0.1) is 19.8 Å². The Bertz CT molecular complexity index is 1020. The second kappa shape index (κ2) is 8.44. The summed E-state index contributed by atoms with van der Waals surface area (Å²) in [6.45, 7) is 6.37. The molecule has 2 aliphatic rings. The average Bonchev–Trinajstić information content (AvgIpc) is 3.12. The molecule has 0 aliphatic carbocycles. The van der Waals surface area contributed by atoms with Crippen LogP contribution in [0.2, 0.25) is 0 Å². The van der Waals surface area contributed by atoms with E-state index in [1.165, 1.54) is 8.99 Å². The number of carbonyl (C=O) groups excluding carboxylic acids is 1. The van der Waals surface area contributed by atoms with Gasteiger partial charge in [0.2, 0.25) is 15.9 Å². The Kier molecular flexibility index (Phi) is 5.90. The molecule has 0 radical (unpaired) electrons. The molecule has 0 N–H and O–H groups in total. The Labute approximate surface area is 176 Å². The fraction of sp³-hybridized carbons (Fsp3) is 0.550. The van der Waals surface area contributed by atoms with E-state index in [2.05, 4.69) is 10.1 Å². The SMILES string of the molecule is Cc1cc(C)n(C(=O)C2CCN(c3ncccc3S(=O)(=O)N3CCOCC3)CC2)n1. The Morgan fingerprint density at radius 3 is 2.47 bits per heavy atom. The summed E-state index contributed by atoms with van der Waals surface area (Å²) < 4.78 is 34.6. The van der Waals surface area contributed by atoms with E-state index in [0.717, 1.165) is 11.4 Å². The van der Waals surface area contributed by atoms with Gasteiger partial charge in [-0.2, -0.15) is 9.40 Å². The number of hydrogen-bond donors (Lipinski definition) is 0. The summed E-state index contributed by atoms with van der Waals surface area (Å²) >= 11 is 0. The molecule has 0 saturated carbocycles. The predicted octanol–water partition coefficient (Wildman–Crippen LogP) is 1.47. The van der Waals surface area contributed by atoms with Crippen molar-refractivity contribution >= 4 is 21.7 Å². The van der Waals surface area contributed by atoms with Crippen LogP contribution in [0.3, 0.4) is 0 Å². The third-order valence-electron chi connectivity index (χ3n) is 5.70. The Morgan fingerprint density at radius 1 is 1.13 bits per heavy atom. The second-order valence-corrected chi connectivity index (χ2v) is 9.69. The summed E-state index contributed by atoms with van der Waals surface area (Å²) in [5.41, 5.74) is 1.66. The third-order valence-corrected chi connectivity index (χ3v) is 7.62. The van der Waals surface area contributed by atoms with Gasteiger partial charge in [-0.05, 0) is 44.9 Å². The van der Waals surface area contributed by atoms with Crippen molar-refractivity contribution < 1.29 is 17.9 Å². The van der Waals surface area contributed by atoms with Crippen molar-refractivity contribution in [2.75, 3.05) is 44.3 Å². The monoisotopic (exact) mass is 433 g/mol. The second-order valence-electron chi connectivity index (χ2n) is 7.78. The molecule has 0 atom stereocenters. The Hall–Kier alpha value is -2.30. The number of hydrogen-bond acceptors (Lipinski definition) is 7. The van der Waals surface area contributed by atoms with Crippen LogP contribution in [0.15, 0.2) is 29.3 Å². The number of sulfonamides is 1. The summed E-state index contributed by atoms with van der Waals surface area (Å²) in [5, 5.41) is 4.31. The molecule has 0 spiro atoms. The molecule has 162 valence electrons. The minimum absolute atomic E-state index is 0.00225. The summed E-state index contributed by atoms with van der Waals surface area (Å²) in [6, 6.07) is 5.15. The molecular formula is C20H27N5O4S. The minimum Gasteiger partial charge on any atom is -0.379 e. The topological polar surface area (TPSA) is 97.6 Å². The number of anilines is 1. The van der Waals surface area contributed by atoms with Gasteiger partial charge >= 0.3 is 0 Å². The lowest BCUT2D eigenvalue weighted by Gasteiger charge is -2.34. The van der Waals surface area contributed by atoms with Gasteiger partial charge in [-0.3, -0.25) is 4.79 Å². The number of nitrogens with zero attached hydrogens (tertiary/aromatic N) is 5. The molecule has 4 rings (SSSR count). The molecule has 10 heteroatoms. The number of rotatable bonds is 4. The van der Waals surface area contributed by atoms with E-state index in [1.807, 2.05) is 24.8 Å². The molecule has 0 aromatic carbocycles. The molecule has 30 heavy (non-hydrogen) atoms. The van der Waals surface area contributed by atoms with Gasteiger partial charge in [0.05, 0.1) is 18.9 Å². The summed E-state index contributed by atoms with van der Waals surface area (Å²) in [5.74, 6) is 0.325. The minimum atomic E-state index is -3.65. The molecular weight excluding hydrogens is 406 g/mol. The van der Waals surface area contributed by atoms with Crippen LogP contribution in [0.25, 0.3) is 0 Å². The van der Waals surface area contributed by atoms with E-state index in [9.17, 15) is 13.2 Å². The van der Waals surface area contributed by atoms with Crippen LogP contribution in [0.4, 0.5) is 5.82 Å². The zero-order valence-electron chi connectivity index (χ0n) is 17.3. The lowest BCUT2D eigenvalue weighted by atomic mass is 9.96. The first-order chi connectivity index (χ1) is 14.4. The molecule has 4 heterocycles. The van der Waals surface area contributed by atoms with E-state index in [-0.39, 0.29) is 16.7 Å². The van der Waals surface area contributed by atoms with Gasteiger partial charge in [-0.1, -0.05) is 0 Å². The Morgan fingerprint density at radius 2 is 1.83 bits per heavy atom. The first-order valence-corrected chi connectivity index (χ1v) is 11.7. The normalized spacial score (nSPS) is 19.2. The third kappa shape index (κ3) is 3.99. The largest absolute Gasteiger partial charge is 0.379 e. The van der Waals surface area contributed by atoms with Gasteiger partial charge in [0.15, 0.2) is 0 Å². The van der Waals surface area contributed by atoms with Crippen LogP contribution in [-0.4, -0.2) is 72.8 Å². The smallest absolute Gasteiger partial charge is 0.250 e. The van der Waals surface area contributed by atoms with Crippen LogP contribution >= 0.6 is 0 Å². The molecule has 0 amide bonds. The summed E-state index contributed by atoms with van der Waals surface area (Å²) in [4.78, 5) is 19.4. The van der Waals surface area contributed by atoms with Gasteiger partial charge in [-0.15, -0.1) is 0 Å². The van der Waals surface area contributed by atoms with Crippen molar-refractivity contribution in [3.8, 4) is 0 Å². The molecule has 0 unspecified atom stereocenters. The van der Waals surface area contributed by atoms with Crippen LogP contribution < -0.4 is 4.90 Å². The van der Waals surface area contributed by atoms with E-state index < -0.39 is 10.0 Å². The van der Waals surface area contributed by atoms with Crippen molar-refractivity contribution in [1.29, 1.82) is 0 Å². The van der Waals surface area contributed by atoms with Crippen molar-refractivity contribution in [3.63, 3.8) is 0 Å². The number of aromatic nitrogens is 3. The predicted molar refractivity (Wildman–Crippen MR) is 111 cm³/mol. The van der Waals surface area contributed by atoms with Gasteiger partial charge in [-0.25, -0.2) is 18.1 Å². The van der Waals surface area contributed by atoms with Gasteiger partial charge < -0.3 is 9.64 Å². The molecule has 2 saturated heterocycles. The van der Waals surface area contributed by atoms with Gasteiger partial charge in [0.1, 0.15) is 10.7 Å². The number of carbonyl (C=O) groups is 1. The van der Waals surface area contributed by atoms with Crippen LogP contribution in [-0.2, 0) is 14.8 Å². The number of aryl methyl sites for hydroxylation is 2. The van der Waals surface area contributed by atoms with Crippen LogP contribution in [0.1, 0.15) is 29.0 Å². The Balaban J connectivity index is 1.50. The summed E-state index contributed by atoms with van der Waals surface area (Å²) in [7, 11) is -3.65.